The highest BCUT2D eigenvalue weighted by atomic mass is 19.1. The van der Waals surface area contributed by atoms with E-state index in [4.69, 9.17) is 5.73 Å². The lowest BCUT2D eigenvalue weighted by atomic mass is 9.81. The van der Waals surface area contributed by atoms with Crippen LogP contribution in [0.25, 0.3) is 0 Å². The van der Waals surface area contributed by atoms with E-state index in [0.29, 0.717) is 6.54 Å². The lowest BCUT2D eigenvalue weighted by Gasteiger charge is -2.29. The molecule has 0 amide bonds. The van der Waals surface area contributed by atoms with Crippen LogP contribution in [0.3, 0.4) is 0 Å². The van der Waals surface area contributed by atoms with Crippen molar-refractivity contribution < 1.29 is 18.3 Å². The van der Waals surface area contributed by atoms with E-state index in [1.165, 1.54) is 13.2 Å². The van der Waals surface area contributed by atoms with E-state index >= 15 is 0 Å². The zero-order chi connectivity index (χ0) is 13.3. The molecule has 3 N–H and O–H groups in total. The summed E-state index contributed by atoms with van der Waals surface area (Å²) in [4.78, 5) is 11.6. The Balaban J connectivity index is 2.43. The van der Waals surface area contributed by atoms with Crippen LogP contribution in [0, 0.1) is 17.6 Å². The van der Waals surface area contributed by atoms with E-state index in [-0.39, 0.29) is 12.1 Å². The first kappa shape index (κ1) is 12.9. The minimum Gasteiger partial charge on any atom is -0.469 e. The van der Waals surface area contributed by atoms with Gasteiger partial charge >= 0.3 is 5.97 Å². The molecule has 0 aromatic heterocycles. The average molecular weight is 256 g/mol. The summed E-state index contributed by atoms with van der Waals surface area (Å²) in [5, 5.41) is 2.93. The number of carbonyl (C=O) groups excluding carboxylic acids is 1. The second-order valence-corrected chi connectivity index (χ2v) is 4.37. The van der Waals surface area contributed by atoms with Crippen molar-refractivity contribution in [2.24, 2.45) is 11.7 Å². The lowest BCUT2D eigenvalue weighted by Crippen LogP contribution is -2.48. The smallest absolute Gasteiger partial charge is 0.312 e. The lowest BCUT2D eigenvalue weighted by molar-refractivity contribution is -0.146. The molecule has 18 heavy (non-hydrogen) atoms. The summed E-state index contributed by atoms with van der Waals surface area (Å²) in [6, 6.07) is 3.16. The number of hydrogen-bond acceptors (Lipinski definition) is 4. The standard InChI is InChI=1S/C12H14F2N2O2/c1-18-11(17)9-5-16-6-12(9,15)8-3-2-7(13)4-10(8)14/h2-4,9,16H,5-6,15H2,1H3. The maximum absolute atomic E-state index is 13.8. The van der Waals surface area contributed by atoms with Crippen molar-refractivity contribution in [2.75, 3.05) is 20.2 Å². The molecule has 98 valence electrons. The van der Waals surface area contributed by atoms with Crippen molar-refractivity contribution >= 4 is 5.97 Å². The molecule has 1 aliphatic heterocycles. The quantitative estimate of drug-likeness (QED) is 0.757. The Labute approximate surface area is 103 Å². The van der Waals surface area contributed by atoms with Gasteiger partial charge in [-0.25, -0.2) is 8.78 Å². The average Bonchev–Trinajstić information content (AvgIpc) is 2.71. The largest absolute Gasteiger partial charge is 0.469 e. The van der Waals surface area contributed by atoms with Gasteiger partial charge in [0.15, 0.2) is 0 Å². The Morgan fingerprint density at radius 2 is 2.28 bits per heavy atom. The van der Waals surface area contributed by atoms with Crippen LogP contribution >= 0.6 is 0 Å². The Morgan fingerprint density at radius 1 is 1.56 bits per heavy atom. The van der Waals surface area contributed by atoms with E-state index in [9.17, 15) is 13.6 Å². The second-order valence-electron chi connectivity index (χ2n) is 4.37. The van der Waals surface area contributed by atoms with Gasteiger partial charge in [-0.15, -0.1) is 0 Å². The Morgan fingerprint density at radius 3 is 2.89 bits per heavy atom. The van der Waals surface area contributed by atoms with E-state index in [2.05, 4.69) is 10.1 Å². The van der Waals surface area contributed by atoms with Crippen LogP contribution in [0.2, 0.25) is 0 Å². The first-order valence-corrected chi connectivity index (χ1v) is 5.52. The molecular weight excluding hydrogens is 242 g/mol. The molecule has 0 bridgehead atoms. The fourth-order valence-corrected chi connectivity index (χ4v) is 2.31. The number of esters is 1. The summed E-state index contributed by atoms with van der Waals surface area (Å²) < 4.78 is 31.3. The summed E-state index contributed by atoms with van der Waals surface area (Å²) >= 11 is 0. The van der Waals surface area contributed by atoms with Gasteiger partial charge < -0.3 is 15.8 Å². The van der Waals surface area contributed by atoms with E-state index in [0.717, 1.165) is 12.1 Å². The molecule has 2 rings (SSSR count). The number of methoxy groups -OCH3 is 1. The highest BCUT2D eigenvalue weighted by Crippen LogP contribution is 2.33. The summed E-state index contributed by atoms with van der Waals surface area (Å²) in [6.45, 7) is 0.537. The number of nitrogens with one attached hydrogen (secondary N) is 1. The highest BCUT2D eigenvalue weighted by Gasteiger charge is 2.47. The van der Waals surface area contributed by atoms with Crippen LogP contribution in [0.1, 0.15) is 5.56 Å². The van der Waals surface area contributed by atoms with Gasteiger partial charge in [0.25, 0.3) is 0 Å². The maximum Gasteiger partial charge on any atom is 0.312 e. The van der Waals surface area contributed by atoms with Gasteiger partial charge in [-0.2, -0.15) is 0 Å². The van der Waals surface area contributed by atoms with Crippen LogP contribution in [-0.2, 0) is 15.1 Å². The van der Waals surface area contributed by atoms with Gasteiger partial charge in [-0.05, 0) is 6.07 Å². The molecule has 1 aromatic rings. The SMILES string of the molecule is COC(=O)C1CNCC1(N)c1ccc(F)cc1F. The normalized spacial score (nSPS) is 27.2. The Bertz CT molecular complexity index is 481. The first-order chi connectivity index (χ1) is 8.49. The van der Waals surface area contributed by atoms with Gasteiger partial charge in [-0.3, -0.25) is 4.79 Å². The molecule has 1 fully saturated rings. The van der Waals surface area contributed by atoms with E-state index in [1.54, 1.807) is 0 Å². The van der Waals surface area contributed by atoms with Crippen LogP contribution in [0.4, 0.5) is 8.78 Å². The molecule has 2 atom stereocenters. The number of hydrogen-bond donors (Lipinski definition) is 2. The number of benzene rings is 1. The Kier molecular flexibility index (Phi) is 3.32. The van der Waals surface area contributed by atoms with Crippen molar-refractivity contribution in [1.82, 2.24) is 5.32 Å². The molecule has 0 spiro atoms. The fraction of sp³-hybridized carbons (Fsp3) is 0.417. The first-order valence-electron chi connectivity index (χ1n) is 5.52. The van der Waals surface area contributed by atoms with Crippen LogP contribution in [0.5, 0.6) is 0 Å². The fourth-order valence-electron chi connectivity index (χ4n) is 2.31. The molecule has 2 unspecified atom stereocenters. The number of ether oxygens (including phenoxy) is 1. The van der Waals surface area contributed by atoms with E-state index in [1.807, 2.05) is 0 Å². The van der Waals surface area contributed by atoms with Gasteiger partial charge in [-0.1, -0.05) is 6.07 Å². The van der Waals surface area contributed by atoms with Crippen LogP contribution in [-0.4, -0.2) is 26.2 Å². The molecule has 4 nitrogen and oxygen atoms in total. The van der Waals surface area contributed by atoms with Crippen molar-refractivity contribution in [3.05, 3.63) is 35.4 Å². The van der Waals surface area contributed by atoms with Crippen LogP contribution in [0.15, 0.2) is 18.2 Å². The minimum atomic E-state index is -1.22. The predicted molar refractivity (Wildman–Crippen MR) is 60.6 cm³/mol. The van der Waals surface area contributed by atoms with E-state index < -0.39 is 29.1 Å². The topological polar surface area (TPSA) is 64.3 Å². The molecule has 0 saturated carbocycles. The highest BCUT2D eigenvalue weighted by molar-refractivity contribution is 5.75. The summed E-state index contributed by atoms with van der Waals surface area (Å²) in [7, 11) is 1.25. The zero-order valence-corrected chi connectivity index (χ0v) is 9.87. The molecule has 1 heterocycles. The summed E-state index contributed by atoms with van der Waals surface area (Å²) in [6.07, 6.45) is 0. The van der Waals surface area contributed by atoms with Crippen molar-refractivity contribution in [3.8, 4) is 0 Å². The minimum absolute atomic E-state index is 0.115. The maximum atomic E-state index is 13.8. The Hall–Kier alpha value is -1.53. The molecule has 6 heteroatoms. The number of rotatable bonds is 2. The molecule has 1 saturated heterocycles. The third-order valence-electron chi connectivity index (χ3n) is 3.31. The van der Waals surface area contributed by atoms with Gasteiger partial charge in [0, 0.05) is 24.7 Å². The number of halogens is 2. The molecule has 1 aliphatic rings. The molecule has 0 aliphatic carbocycles. The van der Waals surface area contributed by atoms with Crippen LogP contribution < -0.4 is 11.1 Å². The summed E-state index contributed by atoms with van der Waals surface area (Å²) in [5.41, 5.74) is 5.02. The third-order valence-corrected chi connectivity index (χ3v) is 3.31. The van der Waals surface area contributed by atoms with Gasteiger partial charge in [0.2, 0.25) is 0 Å². The second kappa shape index (κ2) is 4.62. The molecule has 1 aromatic carbocycles. The molecular formula is C12H14F2N2O2. The zero-order valence-electron chi connectivity index (χ0n) is 9.87. The van der Waals surface area contributed by atoms with Gasteiger partial charge in [0.05, 0.1) is 18.6 Å². The van der Waals surface area contributed by atoms with Crippen molar-refractivity contribution in [3.63, 3.8) is 0 Å². The van der Waals surface area contributed by atoms with Crippen molar-refractivity contribution in [1.29, 1.82) is 0 Å². The van der Waals surface area contributed by atoms with Gasteiger partial charge in [0.1, 0.15) is 11.6 Å². The molecule has 0 radical (unpaired) electrons. The number of nitrogens with two attached hydrogens (primary N) is 1. The third kappa shape index (κ3) is 1.97. The predicted octanol–water partition coefficient (Wildman–Crippen LogP) is 0.511. The summed E-state index contributed by atoms with van der Waals surface area (Å²) in [5.74, 6) is -2.63. The number of carbonyl (C=O) groups is 1. The monoisotopic (exact) mass is 256 g/mol. The van der Waals surface area contributed by atoms with Crippen molar-refractivity contribution in [2.45, 2.75) is 5.54 Å².